The molecule has 0 fully saturated rings. The van der Waals surface area contributed by atoms with Crippen molar-refractivity contribution >= 4 is 11.3 Å². The van der Waals surface area contributed by atoms with Crippen LogP contribution >= 0.6 is 11.3 Å². The molecule has 32 heavy (non-hydrogen) atoms. The van der Waals surface area contributed by atoms with Gasteiger partial charge in [-0.1, -0.05) is 55.0 Å². The highest BCUT2D eigenvalue weighted by Gasteiger charge is 2.33. The Morgan fingerprint density at radius 3 is 2.50 bits per heavy atom. The van der Waals surface area contributed by atoms with Gasteiger partial charge in [-0.25, -0.2) is 4.98 Å². The smallest absolute Gasteiger partial charge is 0.226 e. The summed E-state index contributed by atoms with van der Waals surface area (Å²) in [5, 5.41) is 0. The molecule has 3 heterocycles. The van der Waals surface area contributed by atoms with Crippen molar-refractivity contribution in [1.82, 2.24) is 9.88 Å². The van der Waals surface area contributed by atoms with Gasteiger partial charge in [-0.2, -0.15) is 0 Å². The van der Waals surface area contributed by atoms with Crippen molar-refractivity contribution in [3.8, 4) is 11.5 Å². The summed E-state index contributed by atoms with van der Waals surface area (Å²) >= 11 is 1.98. The quantitative estimate of drug-likeness (QED) is 0.332. The first-order valence-corrected chi connectivity index (χ1v) is 12.3. The molecule has 0 N–H and O–H groups in total. The van der Waals surface area contributed by atoms with Crippen molar-refractivity contribution in [2.24, 2.45) is 0 Å². The van der Waals surface area contributed by atoms with E-state index < -0.39 is 0 Å². The zero-order valence-corrected chi connectivity index (χ0v) is 20.1. The van der Waals surface area contributed by atoms with E-state index in [0.29, 0.717) is 5.89 Å². The van der Waals surface area contributed by atoms with Crippen molar-refractivity contribution in [3.63, 3.8) is 0 Å². The summed E-state index contributed by atoms with van der Waals surface area (Å²) in [6.07, 6.45) is 2.22. The fraction of sp³-hybridized carbons (Fsp3) is 0.321. The molecule has 1 atom stereocenters. The molecule has 2 aromatic carbocycles. The molecule has 2 aromatic heterocycles. The van der Waals surface area contributed by atoms with Gasteiger partial charge in [-0.05, 0) is 62.4 Å². The molecule has 3 nitrogen and oxygen atoms in total. The third-order valence-electron chi connectivity index (χ3n) is 6.63. The molecule has 4 heteroatoms. The maximum atomic E-state index is 6.10. The highest BCUT2D eigenvalue weighted by Crippen LogP contribution is 2.43. The van der Waals surface area contributed by atoms with Crippen LogP contribution in [0.3, 0.4) is 0 Å². The van der Waals surface area contributed by atoms with E-state index in [0.717, 1.165) is 42.9 Å². The zero-order chi connectivity index (χ0) is 22.2. The van der Waals surface area contributed by atoms with Crippen molar-refractivity contribution < 1.29 is 4.42 Å². The lowest BCUT2D eigenvalue weighted by Gasteiger charge is -2.36. The van der Waals surface area contributed by atoms with Gasteiger partial charge in [0.25, 0.3) is 0 Å². The summed E-state index contributed by atoms with van der Waals surface area (Å²) in [5.41, 5.74) is 7.81. The summed E-state index contributed by atoms with van der Waals surface area (Å²) < 4.78 is 6.10. The number of oxazole rings is 1. The van der Waals surface area contributed by atoms with Crippen LogP contribution in [0.2, 0.25) is 0 Å². The Morgan fingerprint density at radius 1 is 1.03 bits per heavy atom. The van der Waals surface area contributed by atoms with Gasteiger partial charge in [0.15, 0.2) is 0 Å². The molecule has 1 aliphatic rings. The van der Waals surface area contributed by atoms with Crippen molar-refractivity contribution in [2.45, 2.75) is 53.1 Å². The van der Waals surface area contributed by atoms with E-state index in [1.54, 1.807) is 11.1 Å². The maximum Gasteiger partial charge on any atom is 0.226 e. The lowest BCUT2D eigenvalue weighted by atomic mass is 9.91. The standard InChI is InChI=1S/C28H30N2OS/c1-5-23-20(4)32-27-24(23)15-16-30(26(27)21-9-7-6-8-10-21)17-25-19(3)31-28(29-25)22-13-11-18(2)12-14-22/h6-14,26H,5,15-17H2,1-4H3/t26-/m1/s1. The Balaban J connectivity index is 1.51. The molecular formula is C28H30N2OS. The minimum Gasteiger partial charge on any atom is -0.441 e. The van der Waals surface area contributed by atoms with E-state index in [-0.39, 0.29) is 6.04 Å². The van der Waals surface area contributed by atoms with E-state index in [2.05, 4.69) is 80.3 Å². The van der Waals surface area contributed by atoms with Gasteiger partial charge in [0.2, 0.25) is 5.89 Å². The molecule has 0 bridgehead atoms. The number of fused-ring (bicyclic) bond motifs is 1. The van der Waals surface area contributed by atoms with Crippen molar-refractivity contribution in [1.29, 1.82) is 0 Å². The van der Waals surface area contributed by atoms with Gasteiger partial charge < -0.3 is 4.42 Å². The number of hydrogen-bond donors (Lipinski definition) is 0. The molecule has 1 aliphatic heterocycles. The molecule has 0 amide bonds. The molecule has 0 aliphatic carbocycles. The first-order valence-electron chi connectivity index (χ1n) is 11.5. The van der Waals surface area contributed by atoms with Crippen LogP contribution in [0, 0.1) is 20.8 Å². The third kappa shape index (κ3) is 3.82. The van der Waals surface area contributed by atoms with Crippen molar-refractivity contribution in [2.75, 3.05) is 6.54 Å². The molecule has 0 unspecified atom stereocenters. The number of aromatic nitrogens is 1. The Labute approximate surface area is 194 Å². The number of hydrogen-bond acceptors (Lipinski definition) is 4. The predicted molar refractivity (Wildman–Crippen MR) is 132 cm³/mol. The Kier molecular flexibility index (Phi) is 5.75. The average molecular weight is 443 g/mol. The van der Waals surface area contributed by atoms with Crippen molar-refractivity contribution in [3.05, 3.63) is 98.1 Å². The molecule has 0 radical (unpaired) electrons. The second kappa shape index (κ2) is 8.68. The second-order valence-corrected chi connectivity index (χ2v) is 10.0. The van der Waals surface area contributed by atoms with Crippen LogP contribution in [-0.4, -0.2) is 16.4 Å². The SMILES string of the molecule is CCc1c(C)sc2c1CCN(Cc1nc(-c3ccc(C)cc3)oc1C)[C@@H]2c1ccccc1. The number of thiophene rings is 1. The summed E-state index contributed by atoms with van der Waals surface area (Å²) in [6.45, 7) is 10.5. The zero-order valence-electron chi connectivity index (χ0n) is 19.3. The lowest BCUT2D eigenvalue weighted by molar-refractivity contribution is 0.204. The van der Waals surface area contributed by atoms with Gasteiger partial charge in [-0.3, -0.25) is 4.90 Å². The summed E-state index contributed by atoms with van der Waals surface area (Å²) in [5.74, 6) is 1.63. The van der Waals surface area contributed by atoms with Crippen LogP contribution in [0.1, 0.15) is 56.4 Å². The van der Waals surface area contributed by atoms with Gasteiger partial charge in [-0.15, -0.1) is 11.3 Å². The van der Waals surface area contributed by atoms with E-state index in [9.17, 15) is 0 Å². The monoisotopic (exact) mass is 442 g/mol. The molecular weight excluding hydrogens is 412 g/mol. The number of benzene rings is 2. The van der Waals surface area contributed by atoms with E-state index >= 15 is 0 Å². The second-order valence-electron chi connectivity index (χ2n) is 8.75. The Hall–Kier alpha value is -2.69. The fourth-order valence-corrected chi connectivity index (χ4v) is 6.38. The van der Waals surface area contributed by atoms with Gasteiger partial charge in [0.1, 0.15) is 5.76 Å². The third-order valence-corrected chi connectivity index (χ3v) is 7.87. The molecule has 0 spiro atoms. The van der Waals surface area contributed by atoms with Crippen LogP contribution in [0.4, 0.5) is 0 Å². The Bertz CT molecular complexity index is 1220. The summed E-state index contributed by atoms with van der Waals surface area (Å²) in [7, 11) is 0. The highest BCUT2D eigenvalue weighted by molar-refractivity contribution is 7.12. The molecule has 164 valence electrons. The van der Waals surface area contributed by atoms with Crippen LogP contribution in [0.15, 0.2) is 59.0 Å². The van der Waals surface area contributed by atoms with Gasteiger partial charge in [0, 0.05) is 28.4 Å². The van der Waals surface area contributed by atoms with Gasteiger partial charge in [0.05, 0.1) is 11.7 Å². The van der Waals surface area contributed by atoms with E-state index in [4.69, 9.17) is 9.40 Å². The predicted octanol–water partition coefficient (Wildman–Crippen LogP) is 7.04. The number of nitrogens with zero attached hydrogens (tertiary/aromatic N) is 2. The summed E-state index contributed by atoms with van der Waals surface area (Å²) in [6, 6.07) is 19.6. The largest absolute Gasteiger partial charge is 0.441 e. The average Bonchev–Trinajstić information content (AvgIpc) is 3.33. The first-order chi connectivity index (χ1) is 15.5. The molecule has 5 rings (SSSR count). The molecule has 0 saturated heterocycles. The van der Waals surface area contributed by atoms with E-state index in [1.165, 1.54) is 20.9 Å². The molecule has 4 aromatic rings. The minimum atomic E-state index is 0.267. The highest BCUT2D eigenvalue weighted by atomic mass is 32.1. The first kappa shape index (κ1) is 21.2. The topological polar surface area (TPSA) is 29.3 Å². The summed E-state index contributed by atoms with van der Waals surface area (Å²) in [4.78, 5) is 10.5. The van der Waals surface area contributed by atoms with Gasteiger partial charge >= 0.3 is 0 Å². The minimum absolute atomic E-state index is 0.267. The maximum absolute atomic E-state index is 6.10. The molecule has 0 saturated carbocycles. The van der Waals surface area contributed by atoms with E-state index in [1.807, 2.05) is 18.3 Å². The van der Waals surface area contributed by atoms with Crippen LogP contribution < -0.4 is 0 Å². The number of rotatable bonds is 5. The van der Waals surface area contributed by atoms with Crippen LogP contribution in [0.25, 0.3) is 11.5 Å². The van der Waals surface area contributed by atoms with Crippen LogP contribution in [-0.2, 0) is 19.4 Å². The normalized spacial score (nSPS) is 16.3. The number of aryl methyl sites for hydroxylation is 3. The van der Waals surface area contributed by atoms with Crippen LogP contribution in [0.5, 0.6) is 0 Å². The lowest BCUT2D eigenvalue weighted by Crippen LogP contribution is -2.35. The fourth-order valence-electron chi connectivity index (χ4n) is 4.91. The Morgan fingerprint density at radius 2 is 1.78 bits per heavy atom.